The van der Waals surface area contributed by atoms with Crippen molar-refractivity contribution in [3.8, 4) is 0 Å². The van der Waals surface area contributed by atoms with Crippen molar-refractivity contribution in [1.82, 2.24) is 0 Å². The van der Waals surface area contributed by atoms with E-state index in [2.05, 4.69) is 43.3 Å². The Morgan fingerprint density at radius 2 is 1.55 bits per heavy atom. The van der Waals surface area contributed by atoms with Gasteiger partial charge in [0.1, 0.15) is 0 Å². The number of rotatable bonds is 8. The Balaban J connectivity index is 1.83. The molecule has 0 aliphatic carbocycles. The van der Waals surface area contributed by atoms with Gasteiger partial charge in [0, 0.05) is 0 Å². The predicted octanol–water partition coefficient (Wildman–Crippen LogP) is 5.62. The van der Waals surface area contributed by atoms with Crippen LogP contribution in [0.3, 0.4) is 0 Å². The fourth-order valence-electron chi connectivity index (χ4n) is 2.70. The lowest BCUT2D eigenvalue weighted by atomic mass is 9.99. The zero-order chi connectivity index (χ0) is 14.2. The normalized spacial score (nSPS) is 12.7. The lowest BCUT2D eigenvalue weighted by molar-refractivity contribution is 0.163. The third kappa shape index (κ3) is 4.35. The van der Waals surface area contributed by atoms with Crippen LogP contribution >= 0.6 is 0 Å². The van der Waals surface area contributed by atoms with E-state index in [9.17, 15) is 5.11 Å². The molecule has 0 spiro atoms. The van der Waals surface area contributed by atoms with Crippen LogP contribution < -0.4 is 0 Å². The summed E-state index contributed by atoms with van der Waals surface area (Å²) in [6.45, 7) is 2.24. The number of hydrogen-bond acceptors (Lipinski definition) is 1. The van der Waals surface area contributed by atoms with Gasteiger partial charge in [0.05, 0.1) is 6.10 Å². The molecule has 0 radical (unpaired) electrons. The van der Waals surface area contributed by atoms with Crippen molar-refractivity contribution in [3.63, 3.8) is 0 Å². The van der Waals surface area contributed by atoms with Crippen LogP contribution in [0.1, 0.15) is 63.5 Å². The van der Waals surface area contributed by atoms with Crippen LogP contribution in [0.5, 0.6) is 0 Å². The van der Waals surface area contributed by atoms with Crippen LogP contribution in [-0.4, -0.2) is 5.11 Å². The summed E-state index contributed by atoms with van der Waals surface area (Å²) in [4.78, 5) is 0. The Morgan fingerprint density at radius 3 is 2.35 bits per heavy atom. The highest BCUT2D eigenvalue weighted by Gasteiger charge is 2.07. The van der Waals surface area contributed by atoms with Crippen LogP contribution in [0.25, 0.3) is 10.8 Å². The van der Waals surface area contributed by atoms with Crippen LogP contribution in [0, 0.1) is 0 Å². The molecule has 0 fully saturated rings. The molecule has 0 saturated carbocycles. The average molecular weight is 270 g/mol. The van der Waals surface area contributed by atoms with E-state index >= 15 is 0 Å². The molecule has 0 heterocycles. The summed E-state index contributed by atoms with van der Waals surface area (Å²) in [5.41, 5.74) is 1.05. The van der Waals surface area contributed by atoms with Gasteiger partial charge in [-0.1, -0.05) is 81.8 Å². The molecule has 0 bridgehead atoms. The molecule has 1 heteroatoms. The Bertz CT molecular complexity index is 518. The molecule has 0 aromatic heterocycles. The second-order valence-corrected chi connectivity index (χ2v) is 5.68. The summed E-state index contributed by atoms with van der Waals surface area (Å²) in [6.07, 6.45) is 8.20. The Morgan fingerprint density at radius 1 is 0.850 bits per heavy atom. The standard InChI is InChI=1S/C19H26O/c1-2-3-4-5-6-7-12-19(20)18-14-13-16-10-8-9-11-17(16)15-18/h8-11,13-15,19-20H,2-7,12H2,1H3. The number of benzene rings is 2. The molecule has 1 nitrogen and oxygen atoms in total. The third-order valence-corrected chi connectivity index (χ3v) is 3.99. The molecule has 1 N–H and O–H groups in total. The summed E-state index contributed by atoms with van der Waals surface area (Å²) in [5, 5.41) is 12.7. The van der Waals surface area contributed by atoms with E-state index in [4.69, 9.17) is 0 Å². The van der Waals surface area contributed by atoms with Gasteiger partial charge in [0.2, 0.25) is 0 Å². The minimum Gasteiger partial charge on any atom is -0.388 e. The van der Waals surface area contributed by atoms with Gasteiger partial charge in [-0.2, -0.15) is 0 Å². The molecular formula is C19H26O. The number of fused-ring (bicyclic) bond motifs is 1. The van der Waals surface area contributed by atoms with Gasteiger partial charge < -0.3 is 5.11 Å². The molecule has 20 heavy (non-hydrogen) atoms. The van der Waals surface area contributed by atoms with Crippen LogP contribution in [-0.2, 0) is 0 Å². The Labute approximate surface area is 122 Å². The van der Waals surface area contributed by atoms with Crippen LogP contribution in [0.4, 0.5) is 0 Å². The number of aliphatic hydroxyl groups is 1. The molecule has 2 aromatic rings. The van der Waals surface area contributed by atoms with Crippen molar-refractivity contribution in [3.05, 3.63) is 48.0 Å². The van der Waals surface area contributed by atoms with E-state index in [1.54, 1.807) is 0 Å². The number of hydrogen-bond donors (Lipinski definition) is 1. The molecule has 1 unspecified atom stereocenters. The lowest BCUT2D eigenvalue weighted by Crippen LogP contribution is -1.97. The third-order valence-electron chi connectivity index (χ3n) is 3.99. The molecule has 0 amide bonds. The molecule has 0 saturated heterocycles. The van der Waals surface area contributed by atoms with Crippen molar-refractivity contribution < 1.29 is 5.11 Å². The van der Waals surface area contributed by atoms with E-state index in [0.29, 0.717) is 0 Å². The fourth-order valence-corrected chi connectivity index (χ4v) is 2.70. The van der Waals surface area contributed by atoms with Crippen molar-refractivity contribution >= 4 is 10.8 Å². The molecule has 0 aliphatic rings. The summed E-state index contributed by atoms with van der Waals surface area (Å²) in [6, 6.07) is 14.6. The quantitative estimate of drug-likeness (QED) is 0.617. The molecule has 0 aliphatic heterocycles. The highest BCUT2D eigenvalue weighted by atomic mass is 16.3. The minimum atomic E-state index is -0.314. The van der Waals surface area contributed by atoms with E-state index < -0.39 is 0 Å². The van der Waals surface area contributed by atoms with Gasteiger partial charge in [-0.3, -0.25) is 0 Å². The van der Waals surface area contributed by atoms with Crippen molar-refractivity contribution in [1.29, 1.82) is 0 Å². The van der Waals surface area contributed by atoms with Crippen molar-refractivity contribution in [2.75, 3.05) is 0 Å². The minimum absolute atomic E-state index is 0.314. The number of aliphatic hydroxyl groups excluding tert-OH is 1. The maximum atomic E-state index is 10.3. The van der Waals surface area contributed by atoms with Crippen LogP contribution in [0.15, 0.2) is 42.5 Å². The van der Waals surface area contributed by atoms with Gasteiger partial charge in [-0.25, -0.2) is 0 Å². The SMILES string of the molecule is CCCCCCCCC(O)c1ccc2ccccc2c1. The zero-order valence-corrected chi connectivity index (χ0v) is 12.5. The average Bonchev–Trinajstić information content (AvgIpc) is 2.50. The van der Waals surface area contributed by atoms with Gasteiger partial charge >= 0.3 is 0 Å². The maximum absolute atomic E-state index is 10.3. The smallest absolute Gasteiger partial charge is 0.0790 e. The van der Waals surface area contributed by atoms with E-state index in [0.717, 1.165) is 18.4 Å². The largest absolute Gasteiger partial charge is 0.388 e. The van der Waals surface area contributed by atoms with Crippen molar-refractivity contribution in [2.24, 2.45) is 0 Å². The molecular weight excluding hydrogens is 244 g/mol. The van der Waals surface area contributed by atoms with E-state index in [1.165, 1.54) is 42.9 Å². The first-order valence-corrected chi connectivity index (χ1v) is 7.98. The van der Waals surface area contributed by atoms with Crippen molar-refractivity contribution in [2.45, 2.75) is 58.0 Å². The molecule has 108 valence electrons. The molecule has 2 rings (SSSR count). The predicted molar refractivity (Wildman–Crippen MR) is 86.9 cm³/mol. The first-order valence-electron chi connectivity index (χ1n) is 7.98. The molecule has 1 atom stereocenters. The zero-order valence-electron chi connectivity index (χ0n) is 12.5. The summed E-state index contributed by atoms with van der Waals surface area (Å²) >= 11 is 0. The van der Waals surface area contributed by atoms with Gasteiger partial charge in [-0.05, 0) is 28.8 Å². The summed E-state index contributed by atoms with van der Waals surface area (Å²) in [5.74, 6) is 0. The number of unbranched alkanes of at least 4 members (excludes halogenated alkanes) is 5. The maximum Gasteiger partial charge on any atom is 0.0790 e. The second-order valence-electron chi connectivity index (χ2n) is 5.68. The molecule has 2 aromatic carbocycles. The monoisotopic (exact) mass is 270 g/mol. The van der Waals surface area contributed by atoms with Gasteiger partial charge in [0.15, 0.2) is 0 Å². The second kappa shape index (κ2) is 8.06. The highest BCUT2D eigenvalue weighted by molar-refractivity contribution is 5.83. The van der Waals surface area contributed by atoms with E-state index in [1.807, 2.05) is 6.07 Å². The Hall–Kier alpha value is -1.34. The Kier molecular flexibility index (Phi) is 6.07. The van der Waals surface area contributed by atoms with E-state index in [-0.39, 0.29) is 6.10 Å². The first-order chi connectivity index (χ1) is 9.81. The first kappa shape index (κ1) is 15.1. The lowest BCUT2D eigenvalue weighted by Gasteiger charge is -2.12. The topological polar surface area (TPSA) is 20.2 Å². The van der Waals surface area contributed by atoms with Crippen LogP contribution in [0.2, 0.25) is 0 Å². The summed E-state index contributed by atoms with van der Waals surface area (Å²) < 4.78 is 0. The van der Waals surface area contributed by atoms with Gasteiger partial charge in [0.25, 0.3) is 0 Å². The highest BCUT2D eigenvalue weighted by Crippen LogP contribution is 2.24. The fraction of sp³-hybridized carbons (Fsp3) is 0.474. The van der Waals surface area contributed by atoms with Gasteiger partial charge in [-0.15, -0.1) is 0 Å². The summed E-state index contributed by atoms with van der Waals surface area (Å²) in [7, 11) is 0.